The van der Waals surface area contributed by atoms with Crippen molar-refractivity contribution in [3.8, 4) is 50.6 Å². The number of para-hydroxylation sites is 1. The predicted molar refractivity (Wildman–Crippen MR) is 361 cm³/mol. The Balaban J connectivity index is 0.761. The van der Waals surface area contributed by atoms with Crippen LogP contribution in [0.25, 0.3) is 73.0 Å². The summed E-state index contributed by atoms with van der Waals surface area (Å²) >= 11 is 0. The quantitative estimate of drug-likeness (QED) is 0.0633. The van der Waals surface area contributed by atoms with Gasteiger partial charge in [-0.25, -0.2) is 0 Å². The van der Waals surface area contributed by atoms with Gasteiger partial charge in [0.15, 0.2) is 0 Å². The average Bonchev–Trinajstić information content (AvgIpc) is 1.63. The Bertz CT molecular complexity index is 4390. The molecule has 1 unspecified atom stereocenters. The van der Waals surface area contributed by atoms with Gasteiger partial charge in [-0.15, -0.1) is 0 Å². The Hall–Kier alpha value is -9.90. The van der Waals surface area contributed by atoms with E-state index in [0.29, 0.717) is 6.61 Å². The van der Waals surface area contributed by atoms with Crippen molar-refractivity contribution in [2.75, 3.05) is 18.1 Å². The minimum absolute atomic E-state index is 0.337. The number of benzene rings is 11. The number of hydrogen-bond donors (Lipinski definition) is 0. The third-order valence-electron chi connectivity index (χ3n) is 18.1. The van der Waals surface area contributed by atoms with E-state index in [2.05, 4.69) is 253 Å². The standard InChI is InChI=1S/C82H70N2O2/c1-3-58-25-27-60(28-26-58)18-17-51-82(67-19-9-7-10-20-67)78-24-14-13-23-74(78)75-48-43-71(57-79(75)82)83(68-21-11-8-12-22-68)69-39-35-62(36-40-69)65-37-49-80-76(55-65)77-56-66(64-34-32-61-31-33-63(61)54-64)38-50-81(77)84(80)70-41-46-73(47-42-70)86-53-16-6-5-15-52-85-72-44-29-59(4-2)30-45-72/h3-4,7-14,19-30,32,34-50,54-57H,1-2,5-6,15-18,31,33,51-53H2. The minimum atomic E-state index is -0.337. The minimum Gasteiger partial charge on any atom is -0.494 e. The van der Waals surface area contributed by atoms with E-state index in [1.54, 1.807) is 0 Å². The number of aryl methyl sites for hydroxylation is 3. The monoisotopic (exact) mass is 1110 g/mol. The number of unbranched alkanes of at least 4 members (excludes halogenated alkanes) is 3. The normalized spacial score (nSPS) is 13.8. The molecule has 0 amide bonds. The highest BCUT2D eigenvalue weighted by atomic mass is 16.5. The second-order valence-electron chi connectivity index (χ2n) is 23.2. The van der Waals surface area contributed by atoms with Crippen LogP contribution in [0, 0.1) is 0 Å². The Morgan fingerprint density at radius 2 is 0.953 bits per heavy atom. The molecule has 1 aromatic heterocycles. The molecule has 4 heteroatoms. The van der Waals surface area contributed by atoms with Crippen molar-refractivity contribution in [3.05, 3.63) is 312 Å². The number of ether oxygens (including phenoxy) is 2. The van der Waals surface area contributed by atoms with Gasteiger partial charge < -0.3 is 18.9 Å². The fraction of sp³-hybridized carbons (Fsp3) is 0.146. The number of fused-ring (bicyclic) bond motifs is 7. The van der Waals surface area contributed by atoms with Crippen molar-refractivity contribution in [1.29, 1.82) is 0 Å². The van der Waals surface area contributed by atoms with Gasteiger partial charge >= 0.3 is 0 Å². The SMILES string of the molecule is C=Cc1ccc(CCCC2(c3ccccc3)c3ccccc3-c3ccc(N(c4ccccc4)c4ccc(-c5ccc6c(c5)c5cc(-c7ccc8c(c7)CC8)ccc5n6-c5ccc(OCCCCCCOc6ccc(C=C)cc6)cc5)cc4)cc32)cc1. The van der Waals surface area contributed by atoms with Gasteiger partial charge in [0.05, 0.1) is 24.2 Å². The molecule has 0 saturated heterocycles. The molecule has 14 rings (SSSR count). The van der Waals surface area contributed by atoms with Gasteiger partial charge in [0.1, 0.15) is 11.5 Å². The molecule has 2 aliphatic carbocycles. The van der Waals surface area contributed by atoms with E-state index in [1.807, 2.05) is 36.4 Å². The highest BCUT2D eigenvalue weighted by molar-refractivity contribution is 6.11. The summed E-state index contributed by atoms with van der Waals surface area (Å²) in [7, 11) is 0. The zero-order valence-corrected chi connectivity index (χ0v) is 48.8. The lowest BCUT2D eigenvalue weighted by atomic mass is 9.69. The second-order valence-corrected chi connectivity index (χ2v) is 23.2. The zero-order valence-electron chi connectivity index (χ0n) is 48.8. The lowest BCUT2D eigenvalue weighted by Gasteiger charge is -2.34. The van der Waals surface area contributed by atoms with Crippen LogP contribution in [-0.2, 0) is 24.7 Å². The molecular formula is C82H70N2O2. The Morgan fingerprint density at radius 1 is 0.419 bits per heavy atom. The molecule has 0 saturated carbocycles. The largest absolute Gasteiger partial charge is 0.494 e. The van der Waals surface area contributed by atoms with E-state index in [4.69, 9.17) is 9.47 Å². The summed E-state index contributed by atoms with van der Waals surface area (Å²) in [5, 5.41) is 2.46. The first-order chi connectivity index (χ1) is 42.5. The van der Waals surface area contributed by atoms with Crippen LogP contribution in [-0.4, -0.2) is 17.8 Å². The van der Waals surface area contributed by atoms with Crippen molar-refractivity contribution in [3.63, 3.8) is 0 Å². The fourth-order valence-electron chi connectivity index (χ4n) is 13.5. The number of anilines is 3. The van der Waals surface area contributed by atoms with Crippen molar-refractivity contribution in [1.82, 2.24) is 4.57 Å². The maximum absolute atomic E-state index is 6.31. The molecule has 0 spiro atoms. The molecule has 0 fully saturated rings. The van der Waals surface area contributed by atoms with Crippen LogP contribution in [0.5, 0.6) is 11.5 Å². The highest BCUT2D eigenvalue weighted by Crippen LogP contribution is 2.56. The molecule has 0 radical (unpaired) electrons. The Labute approximate surface area is 506 Å². The fourth-order valence-corrected chi connectivity index (χ4v) is 13.5. The Morgan fingerprint density at radius 3 is 1.59 bits per heavy atom. The topological polar surface area (TPSA) is 26.6 Å². The van der Waals surface area contributed by atoms with E-state index in [0.717, 1.165) is 103 Å². The molecule has 0 bridgehead atoms. The van der Waals surface area contributed by atoms with Crippen molar-refractivity contribution in [2.24, 2.45) is 0 Å². The molecule has 2 aliphatic rings. The summed E-state index contributed by atoms with van der Waals surface area (Å²) in [4.78, 5) is 2.43. The van der Waals surface area contributed by atoms with E-state index in [9.17, 15) is 0 Å². The number of nitrogens with zero attached hydrogens (tertiary/aromatic N) is 2. The number of hydrogen-bond acceptors (Lipinski definition) is 3. The van der Waals surface area contributed by atoms with Crippen LogP contribution in [0.15, 0.2) is 268 Å². The van der Waals surface area contributed by atoms with Gasteiger partial charge in [-0.05, 0) is 233 Å². The van der Waals surface area contributed by atoms with Crippen LogP contribution in [0.1, 0.15) is 83.0 Å². The molecule has 0 N–H and O–H groups in total. The van der Waals surface area contributed by atoms with Crippen LogP contribution >= 0.6 is 0 Å². The molecule has 420 valence electrons. The lowest BCUT2D eigenvalue weighted by molar-refractivity contribution is 0.287. The zero-order chi connectivity index (χ0) is 57.8. The summed E-state index contributed by atoms with van der Waals surface area (Å²) in [5.41, 5.74) is 24.6. The van der Waals surface area contributed by atoms with Crippen molar-refractivity contribution < 1.29 is 9.47 Å². The van der Waals surface area contributed by atoms with Crippen molar-refractivity contribution in [2.45, 2.75) is 63.2 Å². The first-order valence-corrected chi connectivity index (χ1v) is 30.8. The van der Waals surface area contributed by atoms with E-state index >= 15 is 0 Å². The van der Waals surface area contributed by atoms with E-state index < -0.39 is 0 Å². The van der Waals surface area contributed by atoms with Crippen LogP contribution in [0.3, 0.4) is 0 Å². The molecule has 0 aliphatic heterocycles. The first kappa shape index (κ1) is 54.1. The average molecular weight is 1120 g/mol. The van der Waals surface area contributed by atoms with E-state index in [-0.39, 0.29) is 5.41 Å². The van der Waals surface area contributed by atoms with Gasteiger partial charge in [-0.1, -0.05) is 183 Å². The Kier molecular flexibility index (Phi) is 15.1. The van der Waals surface area contributed by atoms with Gasteiger partial charge in [-0.3, -0.25) is 0 Å². The predicted octanol–water partition coefficient (Wildman–Crippen LogP) is 21.3. The highest BCUT2D eigenvalue weighted by Gasteiger charge is 2.44. The molecule has 11 aromatic carbocycles. The molecular weight excluding hydrogens is 1040 g/mol. The third-order valence-corrected chi connectivity index (χ3v) is 18.1. The summed E-state index contributed by atoms with van der Waals surface area (Å²) < 4.78 is 14.7. The van der Waals surface area contributed by atoms with Crippen LogP contribution in [0.4, 0.5) is 17.1 Å². The van der Waals surface area contributed by atoms with Gasteiger partial charge in [-0.2, -0.15) is 0 Å². The van der Waals surface area contributed by atoms with Crippen LogP contribution < -0.4 is 14.4 Å². The van der Waals surface area contributed by atoms with E-state index in [1.165, 1.54) is 95.0 Å². The van der Waals surface area contributed by atoms with Crippen molar-refractivity contribution >= 4 is 51.0 Å². The van der Waals surface area contributed by atoms with Gasteiger partial charge in [0.25, 0.3) is 0 Å². The van der Waals surface area contributed by atoms with Gasteiger partial charge in [0, 0.05) is 38.9 Å². The molecule has 4 nitrogen and oxygen atoms in total. The molecule has 1 heterocycles. The molecule has 1 atom stereocenters. The second kappa shape index (κ2) is 24.0. The molecule has 86 heavy (non-hydrogen) atoms. The summed E-state index contributed by atoms with van der Waals surface area (Å²) in [6, 6.07) is 94.3. The summed E-state index contributed by atoms with van der Waals surface area (Å²) in [6.45, 7) is 9.23. The maximum atomic E-state index is 6.31. The summed E-state index contributed by atoms with van der Waals surface area (Å²) in [6.07, 6.45) is 13.3. The van der Waals surface area contributed by atoms with Crippen LogP contribution in [0.2, 0.25) is 0 Å². The number of aromatic nitrogens is 1. The smallest absolute Gasteiger partial charge is 0.119 e. The van der Waals surface area contributed by atoms with Gasteiger partial charge in [0.2, 0.25) is 0 Å². The third kappa shape index (κ3) is 10.5. The molecule has 12 aromatic rings. The summed E-state index contributed by atoms with van der Waals surface area (Å²) in [5.74, 6) is 1.80. The lowest BCUT2D eigenvalue weighted by Crippen LogP contribution is -2.27. The maximum Gasteiger partial charge on any atom is 0.119 e. The first-order valence-electron chi connectivity index (χ1n) is 30.8. The number of rotatable bonds is 22.